The first-order valence-corrected chi connectivity index (χ1v) is 15.3. The van der Waals surface area contributed by atoms with Crippen molar-refractivity contribution in [2.24, 2.45) is 0 Å². The standard InChI is InChI=1S/C33H35N5O.2C2H6/c1-21-9-7-12-27(15-21)38-31(20-30(37-38)33(4,5)6)36-32(39)35-26-11-8-10-24(19-26)18-25-13-14-34-29-17-23(3)22(2)16-28(25)29;2*1-2/h7-17,19-20H,18H2,1-6H3,(H2,35,36,39);2*1-2H3. The van der Waals surface area contributed by atoms with Gasteiger partial charge in [0.15, 0.2) is 0 Å². The van der Waals surface area contributed by atoms with Gasteiger partial charge in [0.1, 0.15) is 5.82 Å². The highest BCUT2D eigenvalue weighted by Crippen LogP contribution is 2.27. The first kappa shape index (κ1) is 33.1. The summed E-state index contributed by atoms with van der Waals surface area (Å²) in [6.45, 7) is 20.6. The van der Waals surface area contributed by atoms with E-state index in [4.69, 9.17) is 5.10 Å². The molecular formula is C37H47N5O. The molecule has 0 aliphatic rings. The summed E-state index contributed by atoms with van der Waals surface area (Å²) in [6, 6.07) is 24.1. The predicted molar refractivity (Wildman–Crippen MR) is 183 cm³/mol. The summed E-state index contributed by atoms with van der Waals surface area (Å²) < 4.78 is 1.79. The van der Waals surface area contributed by atoms with Gasteiger partial charge in [0, 0.05) is 28.8 Å². The highest BCUT2D eigenvalue weighted by molar-refractivity contribution is 5.99. The summed E-state index contributed by atoms with van der Waals surface area (Å²) in [4.78, 5) is 17.7. The van der Waals surface area contributed by atoms with Crippen LogP contribution in [0.15, 0.2) is 79.0 Å². The third-order valence-electron chi connectivity index (χ3n) is 6.99. The quantitative estimate of drug-likeness (QED) is 0.218. The molecule has 0 bridgehead atoms. The maximum absolute atomic E-state index is 13.1. The number of urea groups is 1. The van der Waals surface area contributed by atoms with E-state index in [-0.39, 0.29) is 11.4 Å². The lowest BCUT2D eigenvalue weighted by Gasteiger charge is -2.14. The van der Waals surface area contributed by atoms with Crippen LogP contribution in [0.25, 0.3) is 16.6 Å². The summed E-state index contributed by atoms with van der Waals surface area (Å²) in [6.07, 6.45) is 2.61. The molecule has 226 valence electrons. The predicted octanol–water partition coefficient (Wildman–Crippen LogP) is 9.93. The van der Waals surface area contributed by atoms with E-state index in [0.717, 1.165) is 45.5 Å². The first-order valence-electron chi connectivity index (χ1n) is 15.3. The van der Waals surface area contributed by atoms with Crippen LogP contribution in [-0.2, 0) is 11.8 Å². The maximum Gasteiger partial charge on any atom is 0.324 e. The molecule has 0 aliphatic carbocycles. The molecule has 0 saturated carbocycles. The minimum Gasteiger partial charge on any atom is -0.308 e. The molecule has 43 heavy (non-hydrogen) atoms. The van der Waals surface area contributed by atoms with Gasteiger partial charge in [-0.2, -0.15) is 5.10 Å². The Balaban J connectivity index is 0.00000121. The topological polar surface area (TPSA) is 71.8 Å². The minimum absolute atomic E-state index is 0.162. The van der Waals surface area contributed by atoms with Gasteiger partial charge in [0.25, 0.3) is 0 Å². The average Bonchev–Trinajstić information content (AvgIpc) is 3.41. The van der Waals surface area contributed by atoms with Crippen LogP contribution >= 0.6 is 0 Å². The van der Waals surface area contributed by atoms with Crippen molar-refractivity contribution in [3.05, 3.63) is 113 Å². The van der Waals surface area contributed by atoms with Crippen LogP contribution in [0.3, 0.4) is 0 Å². The summed E-state index contributed by atoms with van der Waals surface area (Å²) in [5.74, 6) is 0.619. The molecular weight excluding hydrogens is 530 g/mol. The molecule has 3 aromatic carbocycles. The second-order valence-corrected chi connectivity index (χ2v) is 11.3. The zero-order chi connectivity index (χ0) is 31.7. The number of amides is 2. The van der Waals surface area contributed by atoms with Gasteiger partial charge < -0.3 is 5.32 Å². The summed E-state index contributed by atoms with van der Waals surface area (Å²) in [7, 11) is 0. The van der Waals surface area contributed by atoms with E-state index in [0.29, 0.717) is 5.82 Å². The second-order valence-electron chi connectivity index (χ2n) is 11.3. The van der Waals surface area contributed by atoms with E-state index in [9.17, 15) is 4.79 Å². The fourth-order valence-corrected chi connectivity index (χ4v) is 4.67. The van der Waals surface area contributed by atoms with Crippen molar-refractivity contribution in [3.8, 4) is 5.69 Å². The number of nitrogens with one attached hydrogen (secondary N) is 2. The normalized spacial score (nSPS) is 10.7. The Bertz CT molecular complexity index is 1680. The van der Waals surface area contributed by atoms with Crippen LogP contribution in [0, 0.1) is 20.8 Å². The molecule has 0 unspecified atom stereocenters. The van der Waals surface area contributed by atoms with Gasteiger partial charge in [-0.3, -0.25) is 10.3 Å². The SMILES string of the molecule is CC.CC.Cc1cccc(-n2nc(C(C)(C)C)cc2NC(=O)Nc2cccc(Cc3ccnc4cc(C)c(C)cc34)c2)c1. The minimum atomic E-state index is -0.318. The van der Waals surface area contributed by atoms with Gasteiger partial charge in [-0.15, -0.1) is 0 Å². The second kappa shape index (κ2) is 14.6. The number of aryl methyl sites for hydroxylation is 3. The lowest BCUT2D eigenvalue weighted by Crippen LogP contribution is -2.21. The number of hydrogen-bond donors (Lipinski definition) is 2. The maximum atomic E-state index is 13.1. The third kappa shape index (κ3) is 8.31. The van der Waals surface area contributed by atoms with E-state index in [1.54, 1.807) is 4.68 Å². The summed E-state index contributed by atoms with van der Waals surface area (Å²) in [5.41, 5.74) is 9.31. The van der Waals surface area contributed by atoms with Gasteiger partial charge in [-0.1, -0.05) is 72.7 Å². The summed E-state index contributed by atoms with van der Waals surface area (Å²) >= 11 is 0. The van der Waals surface area contributed by atoms with Crippen molar-refractivity contribution in [1.29, 1.82) is 0 Å². The molecule has 2 aromatic heterocycles. The van der Waals surface area contributed by atoms with Gasteiger partial charge in [0.2, 0.25) is 0 Å². The van der Waals surface area contributed by atoms with Crippen LogP contribution in [0.2, 0.25) is 0 Å². The number of benzene rings is 3. The number of rotatable bonds is 5. The van der Waals surface area contributed by atoms with E-state index in [2.05, 4.69) is 80.6 Å². The lowest BCUT2D eigenvalue weighted by atomic mass is 9.92. The largest absolute Gasteiger partial charge is 0.324 e. The van der Waals surface area contributed by atoms with Crippen molar-refractivity contribution in [1.82, 2.24) is 14.8 Å². The molecule has 2 amide bonds. The molecule has 0 radical (unpaired) electrons. The Morgan fingerprint density at radius 2 is 1.51 bits per heavy atom. The van der Waals surface area contributed by atoms with Crippen molar-refractivity contribution in [2.45, 2.75) is 81.1 Å². The molecule has 6 heteroatoms. The van der Waals surface area contributed by atoms with E-state index < -0.39 is 0 Å². The van der Waals surface area contributed by atoms with Crippen LogP contribution in [0.5, 0.6) is 0 Å². The van der Waals surface area contributed by atoms with Gasteiger partial charge in [-0.25, -0.2) is 9.48 Å². The lowest BCUT2D eigenvalue weighted by molar-refractivity contribution is 0.262. The Kier molecular flexibility index (Phi) is 11.2. The van der Waals surface area contributed by atoms with Gasteiger partial charge >= 0.3 is 6.03 Å². The zero-order valence-corrected chi connectivity index (χ0v) is 27.5. The van der Waals surface area contributed by atoms with Crippen LogP contribution in [0.4, 0.5) is 16.3 Å². The fraction of sp³-hybridized carbons (Fsp3) is 0.324. The van der Waals surface area contributed by atoms with Crippen LogP contribution in [-0.4, -0.2) is 20.8 Å². The number of pyridine rings is 1. The monoisotopic (exact) mass is 577 g/mol. The van der Waals surface area contributed by atoms with Crippen molar-refractivity contribution in [3.63, 3.8) is 0 Å². The zero-order valence-electron chi connectivity index (χ0n) is 27.5. The van der Waals surface area contributed by atoms with E-state index >= 15 is 0 Å². The molecule has 5 aromatic rings. The molecule has 6 nitrogen and oxygen atoms in total. The third-order valence-corrected chi connectivity index (χ3v) is 6.99. The van der Waals surface area contributed by atoms with Crippen molar-refractivity contribution in [2.75, 3.05) is 10.6 Å². The molecule has 2 N–H and O–H groups in total. The molecule has 0 aliphatic heterocycles. The van der Waals surface area contributed by atoms with E-state index in [1.165, 1.54) is 16.7 Å². The fourth-order valence-electron chi connectivity index (χ4n) is 4.67. The molecule has 2 heterocycles. The van der Waals surface area contributed by atoms with Gasteiger partial charge in [0.05, 0.1) is 16.9 Å². The van der Waals surface area contributed by atoms with Crippen molar-refractivity contribution >= 4 is 28.4 Å². The number of nitrogens with zero attached hydrogens (tertiary/aromatic N) is 3. The average molecular weight is 578 g/mol. The summed E-state index contributed by atoms with van der Waals surface area (Å²) in [5, 5.41) is 12.0. The number of carbonyl (C=O) groups is 1. The molecule has 5 rings (SSSR count). The molecule has 0 saturated heterocycles. The Morgan fingerprint density at radius 1 is 0.814 bits per heavy atom. The Hall–Kier alpha value is -4.45. The number of anilines is 2. The molecule has 0 atom stereocenters. The number of carbonyl (C=O) groups excluding carboxylic acids is 1. The molecule has 0 fully saturated rings. The Morgan fingerprint density at radius 3 is 2.21 bits per heavy atom. The number of fused-ring (bicyclic) bond motifs is 1. The molecule has 0 spiro atoms. The van der Waals surface area contributed by atoms with Crippen molar-refractivity contribution < 1.29 is 4.79 Å². The first-order chi connectivity index (χ1) is 20.6. The number of aromatic nitrogens is 3. The van der Waals surface area contributed by atoms with Gasteiger partial charge in [-0.05, 0) is 97.5 Å². The number of hydrogen-bond acceptors (Lipinski definition) is 3. The van der Waals surface area contributed by atoms with Crippen LogP contribution in [0.1, 0.15) is 82.0 Å². The van der Waals surface area contributed by atoms with Crippen LogP contribution < -0.4 is 10.6 Å². The van der Waals surface area contributed by atoms with E-state index in [1.807, 2.05) is 83.3 Å². The highest BCUT2D eigenvalue weighted by Gasteiger charge is 2.21. The smallest absolute Gasteiger partial charge is 0.308 e. The highest BCUT2D eigenvalue weighted by atomic mass is 16.2. The Labute approximate surface area is 257 Å².